The number of carbonyl (C=O) groups excluding carboxylic acids is 1. The summed E-state index contributed by atoms with van der Waals surface area (Å²) in [4.78, 5) is 11.1. The first-order chi connectivity index (χ1) is 5.72. The zero-order chi connectivity index (χ0) is 9.03. The lowest BCUT2D eigenvalue weighted by molar-refractivity contribution is -0.152. The summed E-state index contributed by atoms with van der Waals surface area (Å²) in [5.41, 5.74) is -0.160. The Labute approximate surface area is 72.2 Å². The van der Waals surface area contributed by atoms with Crippen molar-refractivity contribution in [3.63, 3.8) is 0 Å². The molecule has 1 aliphatic rings. The Hall–Kier alpha value is -0.610. The largest absolute Gasteiger partial charge is 0.466 e. The highest BCUT2D eigenvalue weighted by Gasteiger charge is 2.39. The van der Waals surface area contributed by atoms with Crippen molar-refractivity contribution < 1.29 is 14.3 Å². The smallest absolute Gasteiger partial charge is 0.307 e. The third kappa shape index (κ3) is 1.95. The van der Waals surface area contributed by atoms with E-state index in [0.29, 0.717) is 26.2 Å². The highest BCUT2D eigenvalue weighted by Crippen LogP contribution is 2.20. The SMILES string of the molecule is CCOC(=O)CC1(NC)COC1. The molecule has 0 spiro atoms. The van der Waals surface area contributed by atoms with E-state index in [9.17, 15) is 4.79 Å². The van der Waals surface area contributed by atoms with Gasteiger partial charge in [-0.3, -0.25) is 4.79 Å². The van der Waals surface area contributed by atoms with Gasteiger partial charge in [-0.05, 0) is 14.0 Å². The van der Waals surface area contributed by atoms with Gasteiger partial charge in [-0.15, -0.1) is 0 Å². The molecule has 0 radical (unpaired) electrons. The van der Waals surface area contributed by atoms with Gasteiger partial charge in [0.2, 0.25) is 0 Å². The molecule has 0 aromatic rings. The molecule has 0 atom stereocenters. The minimum atomic E-state index is -0.160. The van der Waals surface area contributed by atoms with Crippen molar-refractivity contribution in [1.82, 2.24) is 5.32 Å². The first kappa shape index (κ1) is 9.48. The molecule has 1 aliphatic heterocycles. The number of rotatable bonds is 4. The Bertz CT molecular complexity index is 160. The molecular weight excluding hydrogens is 158 g/mol. The summed E-state index contributed by atoms with van der Waals surface area (Å²) >= 11 is 0. The van der Waals surface area contributed by atoms with Crippen LogP contribution in [0.1, 0.15) is 13.3 Å². The van der Waals surface area contributed by atoms with E-state index in [1.165, 1.54) is 0 Å². The van der Waals surface area contributed by atoms with Gasteiger partial charge in [0.25, 0.3) is 0 Å². The topological polar surface area (TPSA) is 47.6 Å². The van der Waals surface area contributed by atoms with E-state index in [1.54, 1.807) is 6.92 Å². The van der Waals surface area contributed by atoms with Crippen molar-refractivity contribution in [1.29, 1.82) is 0 Å². The maximum absolute atomic E-state index is 11.1. The second-order valence-corrected chi connectivity index (χ2v) is 3.00. The highest BCUT2D eigenvalue weighted by atomic mass is 16.5. The van der Waals surface area contributed by atoms with Gasteiger partial charge in [-0.1, -0.05) is 0 Å². The predicted molar refractivity (Wildman–Crippen MR) is 43.9 cm³/mol. The van der Waals surface area contributed by atoms with Crippen LogP contribution in [-0.4, -0.2) is 38.4 Å². The summed E-state index contributed by atoms with van der Waals surface area (Å²) in [5.74, 6) is -0.157. The fourth-order valence-corrected chi connectivity index (χ4v) is 1.17. The molecule has 1 heterocycles. The summed E-state index contributed by atoms with van der Waals surface area (Å²) in [7, 11) is 1.84. The lowest BCUT2D eigenvalue weighted by Gasteiger charge is -2.40. The zero-order valence-corrected chi connectivity index (χ0v) is 7.55. The summed E-state index contributed by atoms with van der Waals surface area (Å²) in [6.45, 7) is 3.45. The maximum Gasteiger partial charge on any atom is 0.307 e. The quantitative estimate of drug-likeness (QED) is 0.604. The van der Waals surface area contributed by atoms with Gasteiger partial charge >= 0.3 is 5.97 Å². The van der Waals surface area contributed by atoms with Gasteiger partial charge in [0, 0.05) is 0 Å². The van der Waals surface area contributed by atoms with Gasteiger partial charge in [-0.25, -0.2) is 0 Å². The molecule has 0 aromatic carbocycles. The molecule has 4 nitrogen and oxygen atoms in total. The normalized spacial score (nSPS) is 19.8. The first-order valence-electron chi connectivity index (χ1n) is 4.15. The molecule has 1 N–H and O–H groups in total. The van der Waals surface area contributed by atoms with Gasteiger partial charge in [0.15, 0.2) is 0 Å². The molecule has 0 unspecified atom stereocenters. The fourth-order valence-electron chi connectivity index (χ4n) is 1.17. The molecule has 1 fully saturated rings. The van der Waals surface area contributed by atoms with Gasteiger partial charge in [-0.2, -0.15) is 0 Å². The van der Waals surface area contributed by atoms with Crippen LogP contribution in [0.2, 0.25) is 0 Å². The third-order valence-electron chi connectivity index (χ3n) is 2.08. The monoisotopic (exact) mass is 173 g/mol. The number of hydrogen-bond donors (Lipinski definition) is 1. The van der Waals surface area contributed by atoms with E-state index in [0.717, 1.165) is 0 Å². The Balaban J connectivity index is 2.32. The van der Waals surface area contributed by atoms with Gasteiger partial charge in [0.05, 0.1) is 31.8 Å². The van der Waals surface area contributed by atoms with Crippen LogP contribution in [0.15, 0.2) is 0 Å². The van der Waals surface area contributed by atoms with Gasteiger partial charge in [0.1, 0.15) is 0 Å². The number of esters is 1. The van der Waals surface area contributed by atoms with Crippen LogP contribution < -0.4 is 5.32 Å². The fraction of sp³-hybridized carbons (Fsp3) is 0.875. The Morgan fingerprint density at radius 2 is 2.33 bits per heavy atom. The van der Waals surface area contributed by atoms with E-state index in [2.05, 4.69) is 5.32 Å². The molecule has 12 heavy (non-hydrogen) atoms. The second-order valence-electron chi connectivity index (χ2n) is 3.00. The first-order valence-corrected chi connectivity index (χ1v) is 4.15. The number of likely N-dealkylation sites (N-methyl/N-ethyl adjacent to an activating group) is 1. The molecular formula is C8H15NO3. The van der Waals surface area contributed by atoms with E-state index in [4.69, 9.17) is 9.47 Å². The molecule has 0 aliphatic carbocycles. The van der Waals surface area contributed by atoms with Crippen molar-refractivity contribution >= 4 is 5.97 Å². The van der Waals surface area contributed by atoms with E-state index in [-0.39, 0.29) is 11.5 Å². The Morgan fingerprint density at radius 3 is 2.67 bits per heavy atom. The molecule has 0 saturated carbocycles. The molecule has 70 valence electrons. The lowest BCUT2D eigenvalue weighted by atomic mass is 9.93. The second kappa shape index (κ2) is 3.87. The van der Waals surface area contributed by atoms with Crippen LogP contribution in [0.3, 0.4) is 0 Å². The van der Waals surface area contributed by atoms with E-state index in [1.807, 2.05) is 7.05 Å². The van der Waals surface area contributed by atoms with Crippen LogP contribution in [0.25, 0.3) is 0 Å². The van der Waals surface area contributed by atoms with Crippen LogP contribution in [-0.2, 0) is 14.3 Å². The molecule has 1 rings (SSSR count). The van der Waals surface area contributed by atoms with Crippen LogP contribution in [0.4, 0.5) is 0 Å². The Kier molecular flexibility index (Phi) is 3.05. The minimum absolute atomic E-state index is 0.157. The maximum atomic E-state index is 11.1. The number of nitrogens with one attached hydrogen (secondary N) is 1. The minimum Gasteiger partial charge on any atom is -0.466 e. The van der Waals surface area contributed by atoms with Crippen LogP contribution in [0.5, 0.6) is 0 Å². The number of ether oxygens (including phenoxy) is 2. The number of carbonyl (C=O) groups is 1. The van der Waals surface area contributed by atoms with Crippen molar-refractivity contribution in [2.24, 2.45) is 0 Å². The Morgan fingerprint density at radius 1 is 1.67 bits per heavy atom. The standard InChI is InChI=1S/C8H15NO3/c1-3-12-7(10)4-8(9-2)5-11-6-8/h9H,3-6H2,1-2H3. The molecule has 4 heteroatoms. The molecule has 0 bridgehead atoms. The van der Waals surface area contributed by atoms with Crippen molar-refractivity contribution in [2.75, 3.05) is 26.9 Å². The molecule has 1 saturated heterocycles. The summed E-state index contributed by atoms with van der Waals surface area (Å²) in [6.07, 6.45) is 0.400. The van der Waals surface area contributed by atoms with E-state index >= 15 is 0 Å². The summed E-state index contributed by atoms with van der Waals surface area (Å²) in [6, 6.07) is 0. The third-order valence-corrected chi connectivity index (χ3v) is 2.08. The molecule has 0 aromatic heterocycles. The highest BCUT2D eigenvalue weighted by molar-refractivity contribution is 5.71. The van der Waals surface area contributed by atoms with Crippen molar-refractivity contribution in [2.45, 2.75) is 18.9 Å². The van der Waals surface area contributed by atoms with E-state index < -0.39 is 0 Å². The summed E-state index contributed by atoms with van der Waals surface area (Å²) in [5, 5.41) is 3.08. The summed E-state index contributed by atoms with van der Waals surface area (Å²) < 4.78 is 9.88. The molecule has 0 amide bonds. The average Bonchev–Trinajstić information content (AvgIpc) is 1.97. The van der Waals surface area contributed by atoms with Crippen LogP contribution >= 0.6 is 0 Å². The van der Waals surface area contributed by atoms with Crippen LogP contribution in [0, 0.1) is 0 Å². The average molecular weight is 173 g/mol. The van der Waals surface area contributed by atoms with Gasteiger partial charge < -0.3 is 14.8 Å². The zero-order valence-electron chi connectivity index (χ0n) is 7.55. The van der Waals surface area contributed by atoms with Crippen molar-refractivity contribution in [3.05, 3.63) is 0 Å². The lowest BCUT2D eigenvalue weighted by Crippen LogP contribution is -2.60. The number of hydrogen-bond acceptors (Lipinski definition) is 4. The predicted octanol–water partition coefficient (Wildman–Crippen LogP) is -0.0720. The van der Waals surface area contributed by atoms with Crippen molar-refractivity contribution in [3.8, 4) is 0 Å².